The number of benzene rings is 2. The van der Waals surface area contributed by atoms with E-state index in [0.29, 0.717) is 18.0 Å². The van der Waals surface area contributed by atoms with Gasteiger partial charge in [0.2, 0.25) is 0 Å². The molecule has 0 aliphatic carbocycles. The van der Waals surface area contributed by atoms with Gasteiger partial charge in [0.15, 0.2) is 0 Å². The molecule has 1 amide bonds. The summed E-state index contributed by atoms with van der Waals surface area (Å²) >= 11 is 7.50. The number of rotatable bonds is 5. The Labute approximate surface area is 154 Å². The van der Waals surface area contributed by atoms with Gasteiger partial charge in [-0.2, -0.15) is 0 Å². The van der Waals surface area contributed by atoms with Crippen molar-refractivity contribution in [3.8, 4) is 10.6 Å². The molecule has 0 aliphatic heterocycles. The van der Waals surface area contributed by atoms with Crippen LogP contribution in [0.25, 0.3) is 10.6 Å². The molecule has 3 rings (SSSR count). The van der Waals surface area contributed by atoms with Crippen LogP contribution in [-0.2, 0) is 6.42 Å². The molecule has 3 aromatic rings. The highest BCUT2D eigenvalue weighted by molar-refractivity contribution is 7.15. The Kier molecular flexibility index (Phi) is 5.46. The van der Waals surface area contributed by atoms with Crippen LogP contribution in [-0.4, -0.2) is 17.4 Å². The summed E-state index contributed by atoms with van der Waals surface area (Å²) < 4.78 is 13.6. The number of aromatic nitrogens is 1. The number of nitrogens with one attached hydrogen (secondary N) is 1. The van der Waals surface area contributed by atoms with Crippen LogP contribution < -0.4 is 5.32 Å². The molecule has 6 heteroatoms. The first-order chi connectivity index (χ1) is 12.0. The van der Waals surface area contributed by atoms with Gasteiger partial charge in [0, 0.05) is 28.4 Å². The molecule has 1 heterocycles. The molecule has 0 saturated carbocycles. The molecule has 1 N–H and O–H groups in total. The number of hydrogen-bond acceptors (Lipinski definition) is 3. The third kappa shape index (κ3) is 4.24. The lowest BCUT2D eigenvalue weighted by Crippen LogP contribution is -2.26. The first-order valence-electron chi connectivity index (χ1n) is 7.79. The van der Waals surface area contributed by atoms with Crippen LogP contribution in [0.1, 0.15) is 20.9 Å². The molecular formula is C19H16ClFN2OS. The summed E-state index contributed by atoms with van der Waals surface area (Å²) in [7, 11) is 0. The molecule has 1 aromatic heterocycles. The number of hydrogen-bond donors (Lipinski definition) is 1. The average Bonchev–Trinajstić information content (AvgIpc) is 2.97. The van der Waals surface area contributed by atoms with Crippen molar-refractivity contribution in [1.29, 1.82) is 0 Å². The van der Waals surface area contributed by atoms with Gasteiger partial charge in [-0.25, -0.2) is 9.37 Å². The Morgan fingerprint density at radius 2 is 1.92 bits per heavy atom. The molecule has 0 bridgehead atoms. The molecular weight excluding hydrogens is 359 g/mol. The summed E-state index contributed by atoms with van der Waals surface area (Å²) in [5.74, 6) is -0.919. The maximum atomic E-state index is 13.6. The van der Waals surface area contributed by atoms with Gasteiger partial charge in [-0.1, -0.05) is 35.9 Å². The van der Waals surface area contributed by atoms with E-state index in [1.54, 1.807) is 23.5 Å². The third-order valence-corrected chi connectivity index (χ3v) is 5.26. The summed E-state index contributed by atoms with van der Waals surface area (Å²) in [5.41, 5.74) is 2.01. The third-order valence-electron chi connectivity index (χ3n) is 3.74. The van der Waals surface area contributed by atoms with Crippen LogP contribution in [0.3, 0.4) is 0 Å². The van der Waals surface area contributed by atoms with Gasteiger partial charge >= 0.3 is 0 Å². The Bertz CT molecular complexity index is 893. The van der Waals surface area contributed by atoms with Crippen LogP contribution in [0.4, 0.5) is 4.39 Å². The van der Waals surface area contributed by atoms with E-state index >= 15 is 0 Å². The van der Waals surface area contributed by atoms with Gasteiger partial charge in [0.25, 0.3) is 5.91 Å². The minimum Gasteiger partial charge on any atom is -0.352 e. The van der Waals surface area contributed by atoms with Gasteiger partial charge < -0.3 is 5.32 Å². The highest BCUT2D eigenvalue weighted by atomic mass is 35.5. The first kappa shape index (κ1) is 17.6. The van der Waals surface area contributed by atoms with E-state index < -0.39 is 11.7 Å². The van der Waals surface area contributed by atoms with Gasteiger partial charge in [-0.3, -0.25) is 4.79 Å². The summed E-state index contributed by atoms with van der Waals surface area (Å²) in [6.07, 6.45) is 0.650. The number of carbonyl (C=O) groups is 1. The van der Waals surface area contributed by atoms with Crippen LogP contribution in [0.15, 0.2) is 48.5 Å². The highest BCUT2D eigenvalue weighted by Gasteiger charge is 2.12. The largest absolute Gasteiger partial charge is 0.352 e. The van der Waals surface area contributed by atoms with Crippen molar-refractivity contribution >= 4 is 28.8 Å². The fraction of sp³-hybridized carbons (Fsp3) is 0.158. The minimum atomic E-state index is -0.515. The zero-order chi connectivity index (χ0) is 17.8. The molecule has 0 aliphatic rings. The van der Waals surface area contributed by atoms with Crippen molar-refractivity contribution in [2.75, 3.05) is 6.54 Å². The molecule has 0 fully saturated rings. The lowest BCUT2D eigenvalue weighted by Gasteiger charge is -2.05. The Morgan fingerprint density at radius 3 is 2.64 bits per heavy atom. The second-order valence-corrected chi connectivity index (χ2v) is 7.04. The number of amides is 1. The molecule has 3 nitrogen and oxygen atoms in total. The summed E-state index contributed by atoms with van der Waals surface area (Å²) in [5, 5.41) is 4.36. The van der Waals surface area contributed by atoms with E-state index in [4.69, 9.17) is 11.6 Å². The molecule has 128 valence electrons. The predicted molar refractivity (Wildman–Crippen MR) is 99.7 cm³/mol. The smallest absolute Gasteiger partial charge is 0.254 e. The van der Waals surface area contributed by atoms with Crippen molar-refractivity contribution in [3.05, 3.63) is 75.5 Å². The second-order valence-electron chi connectivity index (χ2n) is 5.52. The standard InChI is InChI=1S/C19H16ClFN2OS/c1-12-17(25-19(23-12)13-6-8-14(20)9-7-13)10-11-22-18(24)15-4-2-3-5-16(15)21/h2-9H,10-11H2,1H3,(H,22,24). The first-order valence-corrected chi connectivity index (χ1v) is 8.99. The van der Waals surface area contributed by atoms with E-state index in [2.05, 4.69) is 10.3 Å². The van der Waals surface area contributed by atoms with Crippen molar-refractivity contribution < 1.29 is 9.18 Å². The van der Waals surface area contributed by atoms with E-state index in [1.807, 2.05) is 31.2 Å². The molecule has 25 heavy (non-hydrogen) atoms. The SMILES string of the molecule is Cc1nc(-c2ccc(Cl)cc2)sc1CCNC(=O)c1ccccc1F. The van der Waals surface area contributed by atoms with Crippen LogP contribution >= 0.6 is 22.9 Å². The van der Waals surface area contributed by atoms with Gasteiger partial charge in [-0.15, -0.1) is 11.3 Å². The highest BCUT2D eigenvalue weighted by Crippen LogP contribution is 2.29. The fourth-order valence-corrected chi connectivity index (χ4v) is 3.60. The maximum Gasteiger partial charge on any atom is 0.254 e. The molecule has 0 unspecified atom stereocenters. The van der Waals surface area contributed by atoms with Gasteiger partial charge in [0.05, 0.1) is 11.3 Å². The maximum absolute atomic E-state index is 13.6. The van der Waals surface area contributed by atoms with Crippen molar-refractivity contribution in [2.24, 2.45) is 0 Å². The molecule has 0 atom stereocenters. The van der Waals surface area contributed by atoms with Gasteiger partial charge in [0.1, 0.15) is 10.8 Å². The van der Waals surface area contributed by atoms with E-state index in [-0.39, 0.29) is 5.56 Å². The monoisotopic (exact) mass is 374 g/mol. The zero-order valence-electron chi connectivity index (χ0n) is 13.6. The summed E-state index contributed by atoms with van der Waals surface area (Å²) in [4.78, 5) is 17.7. The van der Waals surface area contributed by atoms with E-state index in [1.165, 1.54) is 12.1 Å². The molecule has 2 aromatic carbocycles. The summed E-state index contributed by atoms with van der Waals surface area (Å²) in [6.45, 7) is 2.38. The lowest BCUT2D eigenvalue weighted by atomic mass is 10.2. The number of halogens is 2. The van der Waals surface area contributed by atoms with Crippen LogP contribution in [0, 0.1) is 12.7 Å². The molecule has 0 saturated heterocycles. The van der Waals surface area contributed by atoms with Crippen molar-refractivity contribution in [2.45, 2.75) is 13.3 Å². The summed E-state index contributed by atoms with van der Waals surface area (Å²) in [6, 6.07) is 13.5. The fourth-order valence-electron chi connectivity index (χ4n) is 2.41. The van der Waals surface area contributed by atoms with Crippen molar-refractivity contribution in [3.63, 3.8) is 0 Å². The number of carbonyl (C=O) groups excluding carboxylic acids is 1. The molecule has 0 spiro atoms. The van der Waals surface area contributed by atoms with Crippen molar-refractivity contribution in [1.82, 2.24) is 10.3 Å². The quantitative estimate of drug-likeness (QED) is 0.691. The predicted octanol–water partition coefficient (Wildman–Crippen LogP) is 4.88. The Balaban J connectivity index is 1.63. The molecule has 0 radical (unpaired) electrons. The number of thiazole rings is 1. The second kappa shape index (κ2) is 7.76. The lowest BCUT2D eigenvalue weighted by molar-refractivity contribution is 0.0950. The minimum absolute atomic E-state index is 0.0605. The van der Waals surface area contributed by atoms with Gasteiger partial charge in [-0.05, 0) is 31.2 Å². The van der Waals surface area contributed by atoms with Crippen LogP contribution in [0.2, 0.25) is 5.02 Å². The van der Waals surface area contributed by atoms with E-state index in [9.17, 15) is 9.18 Å². The van der Waals surface area contributed by atoms with Crippen LogP contribution in [0.5, 0.6) is 0 Å². The number of aryl methyl sites for hydroxylation is 1. The number of nitrogens with zero attached hydrogens (tertiary/aromatic N) is 1. The normalized spacial score (nSPS) is 10.7. The Hall–Kier alpha value is -2.24. The Morgan fingerprint density at radius 1 is 1.20 bits per heavy atom. The zero-order valence-corrected chi connectivity index (χ0v) is 15.1. The average molecular weight is 375 g/mol. The topological polar surface area (TPSA) is 42.0 Å². The van der Waals surface area contributed by atoms with E-state index in [0.717, 1.165) is 21.1 Å².